The molecule has 0 aliphatic carbocycles. The highest BCUT2D eigenvalue weighted by atomic mass is 28.3. The van der Waals surface area contributed by atoms with Gasteiger partial charge in [-0.15, -0.1) is 0 Å². The van der Waals surface area contributed by atoms with E-state index < -0.39 is 8.07 Å². The maximum absolute atomic E-state index is 2.64. The fraction of sp³-hybridized carbons (Fsp3) is 0.226. The first-order chi connectivity index (χ1) is 16.1. The predicted molar refractivity (Wildman–Crippen MR) is 146 cm³/mol. The summed E-state index contributed by atoms with van der Waals surface area (Å²) < 4.78 is 0. The Kier molecular flexibility index (Phi) is 7.80. The van der Waals surface area contributed by atoms with Gasteiger partial charge in [-0.1, -0.05) is 134 Å². The molecule has 4 aromatic carbocycles. The third-order valence-electron chi connectivity index (χ3n) is 6.70. The molecule has 1 atom stereocenters. The fourth-order valence-corrected chi connectivity index (χ4v) is 7.08. The van der Waals surface area contributed by atoms with Gasteiger partial charge in [-0.3, -0.25) is 0 Å². The number of hydrogen-bond donors (Lipinski definition) is 0. The average molecular weight is 450 g/mol. The molecule has 0 saturated carbocycles. The minimum Gasteiger partial charge on any atom is -0.364 e. The van der Waals surface area contributed by atoms with Gasteiger partial charge in [-0.2, -0.15) is 0 Å². The molecular formula is C31H35NSi. The van der Waals surface area contributed by atoms with Crippen molar-refractivity contribution in [2.24, 2.45) is 0 Å². The van der Waals surface area contributed by atoms with Crippen LogP contribution in [0.1, 0.15) is 17.5 Å². The van der Waals surface area contributed by atoms with Crippen LogP contribution >= 0.6 is 0 Å². The zero-order chi connectivity index (χ0) is 22.9. The Balaban J connectivity index is 1.64. The Morgan fingerprint density at radius 3 is 1.67 bits per heavy atom. The van der Waals surface area contributed by atoms with Gasteiger partial charge < -0.3 is 4.90 Å². The van der Waals surface area contributed by atoms with Crippen LogP contribution in [-0.2, 0) is 13.0 Å². The van der Waals surface area contributed by atoms with Crippen LogP contribution in [0.2, 0.25) is 19.1 Å². The summed E-state index contributed by atoms with van der Waals surface area (Å²) in [5.74, 6) is 0. The molecule has 0 radical (unpaired) electrons. The first-order valence-electron chi connectivity index (χ1n) is 12.1. The molecule has 0 aliphatic heterocycles. The lowest BCUT2D eigenvalue weighted by Gasteiger charge is -2.36. The third-order valence-corrected chi connectivity index (χ3v) is 10.1. The van der Waals surface area contributed by atoms with Crippen LogP contribution in [0.5, 0.6) is 0 Å². The molecule has 2 heteroatoms. The van der Waals surface area contributed by atoms with Crippen molar-refractivity contribution >= 4 is 18.9 Å². The molecule has 0 spiro atoms. The first kappa shape index (κ1) is 23.1. The van der Waals surface area contributed by atoms with Crippen LogP contribution in [0.4, 0.5) is 5.69 Å². The van der Waals surface area contributed by atoms with Gasteiger partial charge in [-0.25, -0.2) is 0 Å². The summed E-state index contributed by atoms with van der Waals surface area (Å²) >= 11 is 0. The molecule has 33 heavy (non-hydrogen) atoms. The number of anilines is 1. The quantitative estimate of drug-likeness (QED) is 0.229. The van der Waals surface area contributed by atoms with E-state index in [2.05, 4.69) is 139 Å². The summed E-state index contributed by atoms with van der Waals surface area (Å²) in [7, 11) is -1.52. The topological polar surface area (TPSA) is 3.24 Å². The average Bonchev–Trinajstić information content (AvgIpc) is 2.87. The molecule has 0 amide bonds. The Morgan fingerprint density at radius 2 is 1.09 bits per heavy atom. The third kappa shape index (κ3) is 6.46. The number of nitrogens with zero attached hydrogens (tertiary/aromatic N) is 1. The van der Waals surface area contributed by atoms with E-state index in [1.54, 1.807) is 5.19 Å². The van der Waals surface area contributed by atoms with Crippen molar-refractivity contribution in [3.05, 3.63) is 132 Å². The Bertz CT molecular complexity index is 1080. The van der Waals surface area contributed by atoms with E-state index in [4.69, 9.17) is 0 Å². The maximum atomic E-state index is 2.64. The molecule has 0 aromatic heterocycles. The summed E-state index contributed by atoms with van der Waals surface area (Å²) in [5, 5.41) is 1.55. The predicted octanol–water partition coefficient (Wildman–Crippen LogP) is 7.31. The van der Waals surface area contributed by atoms with Crippen LogP contribution < -0.4 is 10.1 Å². The van der Waals surface area contributed by atoms with Gasteiger partial charge >= 0.3 is 0 Å². The van der Waals surface area contributed by atoms with Crippen molar-refractivity contribution in [1.29, 1.82) is 0 Å². The van der Waals surface area contributed by atoms with E-state index in [9.17, 15) is 0 Å². The number of hydrogen-bond acceptors (Lipinski definition) is 1. The van der Waals surface area contributed by atoms with Gasteiger partial charge in [0.25, 0.3) is 0 Å². The molecule has 0 saturated heterocycles. The molecule has 0 heterocycles. The van der Waals surface area contributed by atoms with Crippen molar-refractivity contribution in [1.82, 2.24) is 0 Å². The summed E-state index contributed by atoms with van der Waals surface area (Å²) in [6.07, 6.45) is 2.24. The monoisotopic (exact) mass is 449 g/mol. The normalized spacial score (nSPS) is 12.3. The lowest BCUT2D eigenvalue weighted by atomic mass is 10.0. The minimum absolute atomic E-state index is 0.436. The zero-order valence-corrected chi connectivity index (χ0v) is 20.9. The van der Waals surface area contributed by atoms with Crippen molar-refractivity contribution in [3.8, 4) is 0 Å². The van der Waals surface area contributed by atoms with Crippen molar-refractivity contribution in [2.75, 3.05) is 4.90 Å². The van der Waals surface area contributed by atoms with Crippen molar-refractivity contribution < 1.29 is 0 Å². The fourth-order valence-electron chi connectivity index (χ4n) is 4.65. The van der Waals surface area contributed by atoms with Crippen LogP contribution in [0.25, 0.3) is 0 Å². The van der Waals surface area contributed by atoms with Crippen LogP contribution in [0.15, 0.2) is 121 Å². The van der Waals surface area contributed by atoms with Gasteiger partial charge in [0.05, 0.1) is 8.07 Å². The Labute approximate surface area is 200 Å². The van der Waals surface area contributed by atoms with E-state index in [0.717, 1.165) is 13.0 Å². The molecule has 0 fully saturated rings. The van der Waals surface area contributed by atoms with E-state index in [1.807, 2.05) is 0 Å². The second-order valence-electron chi connectivity index (χ2n) is 9.58. The highest BCUT2D eigenvalue weighted by Crippen LogP contribution is 2.27. The molecule has 4 aromatic rings. The van der Waals surface area contributed by atoms with Gasteiger partial charge in [0.2, 0.25) is 0 Å². The lowest BCUT2D eigenvalue weighted by Crippen LogP contribution is -2.44. The molecular weight excluding hydrogens is 414 g/mol. The Morgan fingerprint density at radius 1 is 0.606 bits per heavy atom. The van der Waals surface area contributed by atoms with Gasteiger partial charge in [0.15, 0.2) is 0 Å². The summed E-state index contributed by atoms with van der Waals surface area (Å²) in [6.45, 7) is 5.97. The largest absolute Gasteiger partial charge is 0.364 e. The molecule has 1 unspecified atom stereocenters. The van der Waals surface area contributed by atoms with E-state index in [1.165, 1.54) is 29.3 Å². The highest BCUT2D eigenvalue weighted by molar-refractivity contribution is 6.89. The van der Waals surface area contributed by atoms with Crippen molar-refractivity contribution in [3.63, 3.8) is 0 Å². The van der Waals surface area contributed by atoms with Gasteiger partial charge in [0, 0.05) is 18.3 Å². The molecule has 0 bridgehead atoms. The van der Waals surface area contributed by atoms with Crippen LogP contribution in [-0.4, -0.2) is 14.1 Å². The first-order valence-corrected chi connectivity index (χ1v) is 15.3. The summed E-state index contributed by atoms with van der Waals surface area (Å²) in [4.78, 5) is 2.64. The Hall–Kier alpha value is -3.10. The minimum atomic E-state index is -1.52. The smallest absolute Gasteiger partial charge is 0.0807 e. The number of para-hydroxylation sites is 1. The van der Waals surface area contributed by atoms with Crippen LogP contribution in [0.3, 0.4) is 0 Å². The number of rotatable bonds is 10. The van der Waals surface area contributed by atoms with E-state index in [-0.39, 0.29) is 0 Å². The molecule has 168 valence electrons. The molecule has 4 rings (SSSR count). The van der Waals surface area contributed by atoms with E-state index in [0.29, 0.717) is 6.04 Å². The van der Waals surface area contributed by atoms with Gasteiger partial charge in [0.1, 0.15) is 0 Å². The van der Waals surface area contributed by atoms with Crippen molar-refractivity contribution in [2.45, 2.75) is 44.6 Å². The highest BCUT2D eigenvalue weighted by Gasteiger charge is 2.27. The lowest BCUT2D eigenvalue weighted by molar-refractivity contribution is 0.564. The zero-order valence-electron chi connectivity index (χ0n) is 19.9. The maximum Gasteiger partial charge on any atom is 0.0807 e. The molecule has 0 aliphatic rings. The SMILES string of the molecule is C[Si](C)(CCC(Cc1ccccc1)N(Cc1ccccc1)c1ccccc1)c1ccccc1. The second kappa shape index (κ2) is 11.2. The molecule has 1 nitrogen and oxygen atoms in total. The van der Waals surface area contributed by atoms with Crippen LogP contribution in [0, 0.1) is 0 Å². The second-order valence-corrected chi connectivity index (χ2v) is 14.4. The van der Waals surface area contributed by atoms with Gasteiger partial charge in [-0.05, 0) is 36.1 Å². The standard InChI is InChI=1S/C31H35NSi/c1-33(2,31-21-13-6-14-22-31)24-23-30(25-27-15-7-3-8-16-27)32(29-19-11-5-12-20-29)26-28-17-9-4-10-18-28/h3-22,30H,23-26H2,1-2H3. The summed E-state index contributed by atoms with van der Waals surface area (Å²) in [6, 6.07) is 45.7. The molecule has 0 N–H and O–H groups in total. The van der Waals surface area contributed by atoms with E-state index >= 15 is 0 Å². The summed E-state index contributed by atoms with van der Waals surface area (Å²) in [5.41, 5.74) is 4.08. The number of benzene rings is 4.